The van der Waals surface area contributed by atoms with E-state index in [0.717, 1.165) is 57.8 Å². The average molecular weight is 495 g/mol. The predicted octanol–water partition coefficient (Wildman–Crippen LogP) is 3.77. The summed E-state index contributed by atoms with van der Waals surface area (Å²) in [4.78, 5) is 22.3. The van der Waals surface area contributed by atoms with Gasteiger partial charge in [-0.15, -0.1) is 0 Å². The Kier molecular flexibility index (Phi) is 7.90. The van der Waals surface area contributed by atoms with Crippen molar-refractivity contribution in [2.45, 2.75) is 110 Å². The number of esters is 1. The molecule has 0 saturated heterocycles. The lowest BCUT2D eigenvalue weighted by Crippen LogP contribution is -2.62. The van der Waals surface area contributed by atoms with E-state index >= 15 is 0 Å². The molecule has 4 N–H and O–H groups in total. The maximum Gasteiger partial charge on any atom is 0.306 e. The molecule has 4 fully saturated rings. The first-order valence-electron chi connectivity index (χ1n) is 13.9. The lowest BCUT2D eigenvalue weighted by molar-refractivity contribution is -0.207. The third kappa shape index (κ3) is 4.89. The molecule has 4 aliphatic rings. The Hall–Kier alpha value is -1.18. The summed E-state index contributed by atoms with van der Waals surface area (Å²) >= 11 is 0. The molecule has 4 saturated carbocycles. The number of fused-ring (bicyclic) bond motifs is 5. The summed E-state index contributed by atoms with van der Waals surface area (Å²) in [5.41, 5.74) is -0.142. The van der Waals surface area contributed by atoms with Crippen molar-refractivity contribution in [2.24, 2.45) is 46.3 Å². The van der Waals surface area contributed by atoms with Gasteiger partial charge in [0.15, 0.2) is 0 Å². The minimum atomic E-state index is -0.999. The fourth-order valence-electron chi connectivity index (χ4n) is 9.21. The van der Waals surface area contributed by atoms with Crippen LogP contribution in [0.2, 0.25) is 0 Å². The van der Waals surface area contributed by atoms with Crippen molar-refractivity contribution < 1.29 is 34.8 Å². The monoisotopic (exact) mass is 494 g/mol. The molecule has 200 valence electrons. The molecule has 0 bridgehead atoms. The minimum absolute atomic E-state index is 0.0830. The van der Waals surface area contributed by atoms with E-state index < -0.39 is 18.0 Å². The normalized spacial score (nSPS) is 45.7. The van der Waals surface area contributed by atoms with E-state index in [9.17, 15) is 24.9 Å². The number of carbonyl (C=O) groups is 2. The molecule has 7 heteroatoms. The van der Waals surface area contributed by atoms with Gasteiger partial charge in [-0.25, -0.2) is 0 Å². The van der Waals surface area contributed by atoms with Gasteiger partial charge in [-0.2, -0.15) is 0 Å². The van der Waals surface area contributed by atoms with Gasteiger partial charge in [0.1, 0.15) is 0 Å². The number of aliphatic hydroxyl groups is 3. The van der Waals surface area contributed by atoms with Crippen LogP contribution in [0.15, 0.2) is 0 Å². The summed E-state index contributed by atoms with van der Waals surface area (Å²) in [5, 5.41) is 42.0. The van der Waals surface area contributed by atoms with Crippen molar-refractivity contribution in [1.82, 2.24) is 0 Å². The minimum Gasteiger partial charge on any atom is -0.481 e. The summed E-state index contributed by atoms with van der Waals surface area (Å²) in [6.45, 7) is 7.15. The molecule has 4 rings (SSSR count). The van der Waals surface area contributed by atoms with Gasteiger partial charge >= 0.3 is 11.9 Å². The highest BCUT2D eigenvalue weighted by atomic mass is 16.5. The number of rotatable bonds is 8. The zero-order valence-electron chi connectivity index (χ0n) is 21.7. The van der Waals surface area contributed by atoms with E-state index in [2.05, 4.69) is 20.8 Å². The van der Waals surface area contributed by atoms with Crippen LogP contribution >= 0.6 is 0 Å². The van der Waals surface area contributed by atoms with Gasteiger partial charge in [0.2, 0.25) is 0 Å². The van der Waals surface area contributed by atoms with Crippen molar-refractivity contribution in [1.29, 1.82) is 0 Å². The Morgan fingerprint density at radius 1 is 1.00 bits per heavy atom. The Balaban J connectivity index is 1.39. The number of carboxylic acids is 1. The van der Waals surface area contributed by atoms with Crippen LogP contribution in [0.3, 0.4) is 0 Å². The average Bonchev–Trinajstić information content (AvgIpc) is 3.15. The quantitative estimate of drug-likeness (QED) is 0.299. The molecule has 3 unspecified atom stereocenters. The largest absolute Gasteiger partial charge is 0.481 e. The Labute approximate surface area is 209 Å². The second-order valence-corrected chi connectivity index (χ2v) is 12.8. The molecular formula is C28H46O7. The van der Waals surface area contributed by atoms with Gasteiger partial charge in [-0.1, -0.05) is 20.8 Å². The zero-order chi connectivity index (χ0) is 25.5. The van der Waals surface area contributed by atoms with Crippen LogP contribution in [-0.4, -0.2) is 57.3 Å². The van der Waals surface area contributed by atoms with Crippen molar-refractivity contribution in [3.8, 4) is 0 Å². The summed E-state index contributed by atoms with van der Waals surface area (Å²) in [6, 6.07) is 0. The Bertz CT molecular complexity index is 785. The third-order valence-electron chi connectivity index (χ3n) is 11.1. The van der Waals surface area contributed by atoms with Crippen LogP contribution in [0.4, 0.5) is 0 Å². The lowest BCUT2D eigenvalue weighted by atomic mass is 9.43. The highest BCUT2D eigenvalue weighted by Gasteiger charge is 2.65. The first-order valence-corrected chi connectivity index (χ1v) is 13.9. The number of aliphatic hydroxyl groups excluding tert-OH is 3. The molecular weight excluding hydrogens is 448 g/mol. The molecule has 0 heterocycles. The van der Waals surface area contributed by atoms with E-state index in [1.807, 2.05) is 0 Å². The van der Waals surface area contributed by atoms with Crippen molar-refractivity contribution >= 4 is 11.9 Å². The van der Waals surface area contributed by atoms with E-state index in [0.29, 0.717) is 36.2 Å². The second-order valence-electron chi connectivity index (χ2n) is 12.8. The standard InChI is InChI=1S/C28H46O7/c1-16(5-4-12-35-25(34)9-8-24(32)33)19-6-7-20-26-21(15-23(31)28(19,20)3)27(2)11-10-18(29)13-17(27)14-22(26)30/h16-23,26,29-31H,4-15H2,1-3H3,(H,32,33)/t16-,17-,18-,19-,20+,21?,22?,23+,26?,27+,28-/m1/s1. The number of carboxylic acid groups (broad SMARTS) is 1. The Morgan fingerprint density at radius 3 is 2.46 bits per heavy atom. The van der Waals surface area contributed by atoms with Crippen molar-refractivity contribution in [2.75, 3.05) is 6.61 Å². The molecule has 0 aliphatic heterocycles. The van der Waals surface area contributed by atoms with Crippen molar-refractivity contribution in [3.63, 3.8) is 0 Å². The highest BCUT2D eigenvalue weighted by molar-refractivity contribution is 5.76. The predicted molar refractivity (Wildman–Crippen MR) is 130 cm³/mol. The van der Waals surface area contributed by atoms with Gasteiger partial charge < -0.3 is 25.2 Å². The zero-order valence-corrected chi connectivity index (χ0v) is 21.7. The van der Waals surface area contributed by atoms with Gasteiger partial charge in [0, 0.05) is 0 Å². The summed E-state index contributed by atoms with van der Waals surface area (Å²) < 4.78 is 5.21. The summed E-state index contributed by atoms with van der Waals surface area (Å²) in [6.07, 6.45) is 6.47. The van der Waals surface area contributed by atoms with E-state index in [4.69, 9.17) is 9.84 Å². The smallest absolute Gasteiger partial charge is 0.306 e. The molecule has 0 spiro atoms. The number of hydrogen-bond acceptors (Lipinski definition) is 6. The third-order valence-corrected chi connectivity index (χ3v) is 11.1. The van der Waals surface area contributed by atoms with Crippen LogP contribution < -0.4 is 0 Å². The number of hydrogen-bond donors (Lipinski definition) is 4. The fraction of sp³-hybridized carbons (Fsp3) is 0.929. The van der Waals surface area contributed by atoms with Crippen LogP contribution in [-0.2, 0) is 14.3 Å². The Morgan fingerprint density at radius 2 is 1.74 bits per heavy atom. The highest BCUT2D eigenvalue weighted by Crippen LogP contribution is 2.68. The molecule has 4 aliphatic carbocycles. The molecule has 0 aromatic rings. The SMILES string of the molecule is C[C@H](CCCOC(=O)CCC(=O)O)[C@H]1CC[C@H]2C3C(O)C[C@H]4C[C@H](O)CC[C@]4(C)C3C[C@H](O)[C@]12C. The van der Waals surface area contributed by atoms with Gasteiger partial charge in [0.05, 0.1) is 37.8 Å². The second kappa shape index (κ2) is 10.3. The van der Waals surface area contributed by atoms with Gasteiger partial charge in [-0.3, -0.25) is 9.59 Å². The molecule has 0 aromatic carbocycles. The molecule has 0 amide bonds. The van der Waals surface area contributed by atoms with Gasteiger partial charge in [0.25, 0.3) is 0 Å². The van der Waals surface area contributed by atoms with Crippen LogP contribution in [0.25, 0.3) is 0 Å². The molecule has 11 atom stereocenters. The first-order chi connectivity index (χ1) is 16.5. The molecule has 35 heavy (non-hydrogen) atoms. The van der Waals surface area contributed by atoms with E-state index in [1.54, 1.807) is 0 Å². The summed E-state index contributed by atoms with van der Waals surface area (Å²) in [5.74, 6) is 0.408. The van der Waals surface area contributed by atoms with Gasteiger partial charge in [-0.05, 0) is 104 Å². The van der Waals surface area contributed by atoms with E-state index in [1.165, 1.54) is 0 Å². The number of ether oxygens (including phenoxy) is 1. The van der Waals surface area contributed by atoms with Crippen LogP contribution in [0.5, 0.6) is 0 Å². The first kappa shape index (κ1) is 26.9. The van der Waals surface area contributed by atoms with Crippen molar-refractivity contribution in [3.05, 3.63) is 0 Å². The molecule has 0 radical (unpaired) electrons. The number of carbonyl (C=O) groups excluding carboxylic acids is 1. The van der Waals surface area contributed by atoms with Crippen LogP contribution in [0, 0.1) is 46.3 Å². The topological polar surface area (TPSA) is 124 Å². The lowest BCUT2D eigenvalue weighted by Gasteiger charge is -2.63. The van der Waals surface area contributed by atoms with Crippen LogP contribution in [0.1, 0.15) is 91.4 Å². The maximum atomic E-state index is 11.7. The fourth-order valence-corrected chi connectivity index (χ4v) is 9.21. The summed E-state index contributed by atoms with van der Waals surface area (Å²) in [7, 11) is 0. The molecule has 0 aromatic heterocycles. The van der Waals surface area contributed by atoms with E-state index in [-0.39, 0.29) is 41.8 Å². The maximum absolute atomic E-state index is 11.7. The molecule has 7 nitrogen and oxygen atoms in total. The number of aliphatic carboxylic acids is 1.